The van der Waals surface area contributed by atoms with Gasteiger partial charge in [-0.15, -0.1) is 0 Å². The molecule has 4 N–H and O–H groups in total. The number of benzene rings is 1. The smallest absolute Gasteiger partial charge is 0.386 e. The summed E-state index contributed by atoms with van der Waals surface area (Å²) in [6.45, 7) is 4.52. The van der Waals surface area contributed by atoms with E-state index in [0.29, 0.717) is 17.8 Å². The lowest BCUT2D eigenvalue weighted by Gasteiger charge is -2.30. The molecule has 0 spiro atoms. The second kappa shape index (κ2) is 10.5. The number of amidine groups is 1. The van der Waals surface area contributed by atoms with Crippen molar-refractivity contribution < 1.29 is 26.4 Å². The Kier molecular flexibility index (Phi) is 8.40. The number of alkyl halides is 3. The summed E-state index contributed by atoms with van der Waals surface area (Å²) < 4.78 is 59.5. The van der Waals surface area contributed by atoms with Crippen molar-refractivity contribution in [1.82, 2.24) is 9.97 Å². The number of fused-ring (bicyclic) bond motifs is 1. The Labute approximate surface area is 196 Å². The molecule has 1 amide bonds. The van der Waals surface area contributed by atoms with Crippen LogP contribution in [0.5, 0.6) is 0 Å². The topological polar surface area (TPSA) is 139 Å². The van der Waals surface area contributed by atoms with Crippen LogP contribution in [0.2, 0.25) is 0 Å². The predicted molar refractivity (Wildman–Crippen MR) is 123 cm³/mol. The number of nitrogens with two attached hydrogens (primary N) is 1. The maximum atomic E-state index is 12.7. The fraction of sp³-hybridized carbons (Fsp3) is 0.455. The van der Waals surface area contributed by atoms with Crippen molar-refractivity contribution in [2.45, 2.75) is 56.9 Å². The number of sulfone groups is 1. The highest BCUT2D eigenvalue weighted by Gasteiger charge is 2.40. The average molecular weight is 500 g/mol. The molecular weight excluding hydrogens is 471 g/mol. The Morgan fingerprint density at radius 1 is 1.26 bits per heavy atom. The molecule has 1 heterocycles. The largest absolute Gasteiger partial charge is 0.434 e. The van der Waals surface area contributed by atoms with E-state index in [1.807, 2.05) is 18.2 Å². The standard InChI is InChI=1S/C16H23N3O3S.C6H5F3N2/c1-16(2,15(17)18)23(21,22)9-12-5-3-4-11-6-7-13(19-10-20)8-14(11)12;1-4-2-11-5(3-10-4)6(7,8)9/h6-8,10,12H,3-5,9H2,1-2H3,(H3,17,18)(H,19,20);2-3H,1H3. The fourth-order valence-corrected chi connectivity index (χ4v) is 5.04. The van der Waals surface area contributed by atoms with E-state index < -0.39 is 26.5 Å². The molecule has 0 saturated heterocycles. The van der Waals surface area contributed by atoms with Crippen LogP contribution in [0.1, 0.15) is 55.1 Å². The first-order chi connectivity index (χ1) is 15.7. The Hall–Kier alpha value is -3.02. The molecule has 1 aromatic heterocycles. The lowest BCUT2D eigenvalue weighted by atomic mass is 9.83. The minimum atomic E-state index is -4.39. The Morgan fingerprint density at radius 3 is 2.47 bits per heavy atom. The van der Waals surface area contributed by atoms with Gasteiger partial charge in [-0.25, -0.2) is 13.4 Å². The first kappa shape index (κ1) is 27.2. The number of carbonyl (C=O) groups is 1. The maximum absolute atomic E-state index is 12.7. The molecule has 0 bridgehead atoms. The summed E-state index contributed by atoms with van der Waals surface area (Å²) in [6.07, 6.45) is 0.621. The van der Waals surface area contributed by atoms with Crippen LogP contribution in [0.4, 0.5) is 18.9 Å². The van der Waals surface area contributed by atoms with Crippen LogP contribution in [0.15, 0.2) is 30.6 Å². The third kappa shape index (κ3) is 6.52. The molecule has 0 aliphatic heterocycles. The van der Waals surface area contributed by atoms with Gasteiger partial charge in [0.2, 0.25) is 6.41 Å². The van der Waals surface area contributed by atoms with Crippen molar-refractivity contribution >= 4 is 27.8 Å². The fourth-order valence-electron chi connectivity index (χ4n) is 3.41. The molecule has 186 valence electrons. The van der Waals surface area contributed by atoms with E-state index in [0.717, 1.165) is 42.8 Å². The summed E-state index contributed by atoms with van der Waals surface area (Å²) in [5.74, 6) is -0.530. The maximum Gasteiger partial charge on any atom is 0.434 e. The molecule has 1 aliphatic carbocycles. The second-order valence-electron chi connectivity index (χ2n) is 8.51. The molecular formula is C22H28F3N5O3S. The summed E-state index contributed by atoms with van der Waals surface area (Å²) in [5, 5.41) is 10.2. The predicted octanol–water partition coefficient (Wildman–Crippen LogP) is 3.61. The average Bonchev–Trinajstić information content (AvgIpc) is 2.74. The lowest BCUT2D eigenvalue weighted by molar-refractivity contribution is -0.141. The van der Waals surface area contributed by atoms with Gasteiger partial charge in [-0.1, -0.05) is 6.07 Å². The first-order valence-electron chi connectivity index (χ1n) is 10.4. The first-order valence-corrected chi connectivity index (χ1v) is 12.1. The summed E-state index contributed by atoms with van der Waals surface area (Å²) in [4.78, 5) is 17.2. The van der Waals surface area contributed by atoms with Crippen molar-refractivity contribution in [2.24, 2.45) is 5.73 Å². The van der Waals surface area contributed by atoms with E-state index in [9.17, 15) is 26.4 Å². The van der Waals surface area contributed by atoms with Gasteiger partial charge < -0.3 is 11.1 Å². The van der Waals surface area contributed by atoms with Crippen LogP contribution >= 0.6 is 0 Å². The normalized spacial score (nSPS) is 16.0. The van der Waals surface area contributed by atoms with Crippen molar-refractivity contribution in [3.05, 3.63) is 53.1 Å². The number of nitrogens with zero attached hydrogens (tertiary/aromatic N) is 2. The zero-order valence-corrected chi connectivity index (χ0v) is 19.9. The number of amides is 1. The van der Waals surface area contributed by atoms with E-state index >= 15 is 0 Å². The number of aromatic nitrogens is 2. The van der Waals surface area contributed by atoms with E-state index in [1.165, 1.54) is 13.8 Å². The van der Waals surface area contributed by atoms with Gasteiger partial charge in [0.1, 0.15) is 10.6 Å². The molecule has 1 atom stereocenters. The minimum absolute atomic E-state index is 0.0445. The number of hydrogen-bond acceptors (Lipinski definition) is 6. The molecule has 3 rings (SSSR count). The third-order valence-corrected chi connectivity index (χ3v) is 8.34. The van der Waals surface area contributed by atoms with E-state index in [2.05, 4.69) is 15.3 Å². The zero-order valence-electron chi connectivity index (χ0n) is 19.1. The van der Waals surface area contributed by atoms with Crippen molar-refractivity contribution in [2.75, 3.05) is 11.1 Å². The Balaban J connectivity index is 0.000000310. The number of carbonyl (C=O) groups excluding carboxylic acids is 1. The van der Waals surface area contributed by atoms with Crippen molar-refractivity contribution in [3.8, 4) is 0 Å². The molecule has 2 aromatic rings. The highest BCUT2D eigenvalue weighted by Crippen LogP contribution is 2.36. The molecule has 1 aliphatic rings. The summed E-state index contributed by atoms with van der Waals surface area (Å²) in [5.41, 5.74) is 7.73. The second-order valence-corrected chi connectivity index (χ2v) is 11.1. The van der Waals surface area contributed by atoms with Gasteiger partial charge in [0.05, 0.1) is 17.6 Å². The molecule has 34 heavy (non-hydrogen) atoms. The molecule has 12 heteroatoms. The van der Waals surface area contributed by atoms with Crippen LogP contribution in [0.3, 0.4) is 0 Å². The number of halogens is 3. The van der Waals surface area contributed by atoms with Gasteiger partial charge in [-0.3, -0.25) is 15.2 Å². The monoisotopic (exact) mass is 499 g/mol. The minimum Gasteiger partial charge on any atom is -0.386 e. The molecule has 0 saturated carbocycles. The van der Waals surface area contributed by atoms with Crippen molar-refractivity contribution in [3.63, 3.8) is 0 Å². The number of aryl methyl sites for hydroxylation is 2. The highest BCUT2D eigenvalue weighted by atomic mass is 32.2. The van der Waals surface area contributed by atoms with Crippen LogP contribution in [-0.2, 0) is 27.2 Å². The summed E-state index contributed by atoms with van der Waals surface area (Å²) >= 11 is 0. The van der Waals surface area contributed by atoms with Gasteiger partial charge in [0.15, 0.2) is 15.5 Å². The quantitative estimate of drug-likeness (QED) is 0.315. The Morgan fingerprint density at radius 2 is 1.94 bits per heavy atom. The zero-order chi connectivity index (χ0) is 25.7. The number of anilines is 1. The highest BCUT2D eigenvalue weighted by molar-refractivity contribution is 7.93. The molecule has 1 unspecified atom stereocenters. The summed E-state index contributed by atoms with van der Waals surface area (Å²) in [6, 6.07) is 5.61. The van der Waals surface area contributed by atoms with Gasteiger partial charge >= 0.3 is 6.18 Å². The van der Waals surface area contributed by atoms with E-state index in [4.69, 9.17) is 11.1 Å². The van der Waals surface area contributed by atoms with E-state index in [-0.39, 0.29) is 17.5 Å². The summed E-state index contributed by atoms with van der Waals surface area (Å²) in [7, 11) is -3.57. The number of hydrogen-bond donors (Lipinski definition) is 3. The van der Waals surface area contributed by atoms with Crippen LogP contribution in [0, 0.1) is 12.3 Å². The SMILES string of the molecule is CC(C)(C(=N)N)S(=O)(=O)CC1CCCc2ccc(NC=O)cc21.Cc1cnc(C(F)(F)F)cn1. The molecule has 8 nitrogen and oxygen atoms in total. The van der Waals surface area contributed by atoms with Crippen molar-refractivity contribution in [1.29, 1.82) is 5.41 Å². The molecule has 1 aromatic carbocycles. The number of rotatable bonds is 6. The molecule has 0 fully saturated rings. The van der Waals surface area contributed by atoms with Crippen LogP contribution < -0.4 is 11.1 Å². The van der Waals surface area contributed by atoms with Crippen LogP contribution in [-0.4, -0.2) is 41.1 Å². The third-order valence-electron chi connectivity index (χ3n) is 5.73. The van der Waals surface area contributed by atoms with Gasteiger partial charge in [0, 0.05) is 11.9 Å². The van der Waals surface area contributed by atoms with Gasteiger partial charge in [-0.2, -0.15) is 13.2 Å². The lowest BCUT2D eigenvalue weighted by Crippen LogP contribution is -2.46. The van der Waals surface area contributed by atoms with Crippen LogP contribution in [0.25, 0.3) is 0 Å². The van der Waals surface area contributed by atoms with Gasteiger partial charge in [0.25, 0.3) is 0 Å². The van der Waals surface area contributed by atoms with E-state index in [1.54, 1.807) is 6.92 Å². The van der Waals surface area contributed by atoms with Gasteiger partial charge in [-0.05, 0) is 69.2 Å². The number of nitrogens with one attached hydrogen (secondary N) is 2. The molecule has 0 radical (unpaired) electrons. The Bertz CT molecular complexity index is 1130.